The van der Waals surface area contributed by atoms with Gasteiger partial charge in [0.15, 0.2) is 0 Å². The highest BCUT2D eigenvalue weighted by Gasteiger charge is 2.40. The van der Waals surface area contributed by atoms with Crippen LogP contribution in [0.2, 0.25) is 0 Å². The summed E-state index contributed by atoms with van der Waals surface area (Å²) in [6.45, 7) is 6.93. The zero-order chi connectivity index (χ0) is 19.1. The van der Waals surface area contributed by atoms with Gasteiger partial charge in [-0.1, -0.05) is 0 Å². The van der Waals surface area contributed by atoms with Crippen molar-refractivity contribution in [1.82, 2.24) is 14.9 Å². The number of carboxylic acid groups (broad SMARTS) is 1. The minimum Gasteiger partial charge on any atom is -0.465 e. The number of carbonyl (C=O) groups excluding carboxylic acids is 1. The van der Waals surface area contributed by atoms with E-state index in [1.165, 1.54) is 11.0 Å². The summed E-state index contributed by atoms with van der Waals surface area (Å²) in [6, 6.07) is 1.93. The first kappa shape index (κ1) is 17.8. The van der Waals surface area contributed by atoms with E-state index < -0.39 is 17.5 Å². The molecule has 0 saturated carbocycles. The van der Waals surface area contributed by atoms with Crippen molar-refractivity contribution in [3.8, 4) is 0 Å². The van der Waals surface area contributed by atoms with Gasteiger partial charge in [0.25, 0.3) is 0 Å². The fourth-order valence-electron chi connectivity index (χ4n) is 3.32. The largest absolute Gasteiger partial charge is 0.465 e. The molecule has 1 aliphatic heterocycles. The number of nitrogens with zero attached hydrogens (tertiary/aromatic N) is 3. The molecule has 0 bridgehead atoms. The monoisotopic (exact) mass is 357 g/mol. The van der Waals surface area contributed by atoms with Crippen molar-refractivity contribution in [3.05, 3.63) is 30.1 Å². The van der Waals surface area contributed by atoms with Gasteiger partial charge in [0.2, 0.25) is 5.91 Å². The Labute approximate surface area is 151 Å². The molecule has 0 atom stereocenters. The molecule has 1 saturated heterocycles. The Bertz CT molecular complexity index is 875. The maximum absolute atomic E-state index is 11.6. The van der Waals surface area contributed by atoms with Gasteiger partial charge in [0, 0.05) is 41.9 Å². The van der Waals surface area contributed by atoms with Crippen molar-refractivity contribution in [2.24, 2.45) is 5.73 Å². The van der Waals surface area contributed by atoms with Gasteiger partial charge in [0.1, 0.15) is 5.65 Å². The number of aromatic amines is 1. The topological polar surface area (TPSA) is 116 Å². The summed E-state index contributed by atoms with van der Waals surface area (Å²) in [5.74, 6) is -0.509. The smallest absolute Gasteiger partial charge is 0.408 e. The summed E-state index contributed by atoms with van der Waals surface area (Å²) < 4.78 is 0. The van der Waals surface area contributed by atoms with Crippen molar-refractivity contribution in [1.29, 1.82) is 0 Å². The van der Waals surface area contributed by atoms with E-state index in [4.69, 9.17) is 5.73 Å². The number of hydrogen-bond donors (Lipinski definition) is 3. The van der Waals surface area contributed by atoms with Gasteiger partial charge in [0.05, 0.1) is 17.9 Å². The molecular weight excluding hydrogens is 334 g/mol. The first-order valence-corrected chi connectivity index (χ1v) is 8.38. The molecule has 8 nitrogen and oxygen atoms in total. The highest BCUT2D eigenvalue weighted by Crippen LogP contribution is 2.30. The van der Waals surface area contributed by atoms with Crippen LogP contribution in [0.3, 0.4) is 0 Å². The van der Waals surface area contributed by atoms with E-state index in [1.54, 1.807) is 18.5 Å². The molecule has 26 heavy (non-hydrogen) atoms. The second-order valence-corrected chi connectivity index (χ2v) is 7.45. The van der Waals surface area contributed by atoms with Crippen molar-refractivity contribution < 1.29 is 14.7 Å². The van der Waals surface area contributed by atoms with Crippen molar-refractivity contribution in [3.63, 3.8) is 0 Å². The third-order valence-corrected chi connectivity index (χ3v) is 4.50. The number of aromatic nitrogens is 2. The second-order valence-electron chi connectivity index (χ2n) is 7.45. The van der Waals surface area contributed by atoms with Crippen LogP contribution in [-0.2, 0) is 4.79 Å². The van der Waals surface area contributed by atoms with E-state index in [9.17, 15) is 14.7 Å². The number of amides is 2. The van der Waals surface area contributed by atoms with Gasteiger partial charge in [-0.25, -0.2) is 9.78 Å². The van der Waals surface area contributed by atoms with Crippen LogP contribution in [0.1, 0.15) is 26.3 Å². The first-order chi connectivity index (χ1) is 12.2. The Hall–Kier alpha value is -3.03. The number of anilines is 1. The SMILES string of the molecule is CC(C)(C)N(C(=O)O)C1CN(c2cnc3[nH]cc(C=CC(N)=O)c3c2)C1. The maximum atomic E-state index is 11.6. The second kappa shape index (κ2) is 6.36. The Morgan fingerprint density at radius 2 is 2.12 bits per heavy atom. The Morgan fingerprint density at radius 3 is 2.69 bits per heavy atom. The lowest BCUT2D eigenvalue weighted by Crippen LogP contribution is -2.65. The van der Waals surface area contributed by atoms with E-state index in [-0.39, 0.29) is 6.04 Å². The number of nitrogens with one attached hydrogen (secondary N) is 1. The van der Waals surface area contributed by atoms with Gasteiger partial charge in [-0.2, -0.15) is 0 Å². The number of hydrogen-bond acceptors (Lipinski definition) is 4. The van der Waals surface area contributed by atoms with Crippen molar-refractivity contribution in [2.75, 3.05) is 18.0 Å². The molecule has 2 aromatic heterocycles. The number of rotatable bonds is 4. The Morgan fingerprint density at radius 1 is 1.42 bits per heavy atom. The van der Waals surface area contributed by atoms with Crippen LogP contribution in [-0.4, -0.2) is 56.6 Å². The number of pyridine rings is 1. The molecule has 1 fully saturated rings. The minimum absolute atomic E-state index is 0.0522. The number of H-pyrrole nitrogens is 1. The summed E-state index contributed by atoms with van der Waals surface area (Å²) in [5.41, 5.74) is 7.17. The predicted octanol–water partition coefficient (Wildman–Crippen LogP) is 2.03. The molecule has 138 valence electrons. The normalized spacial score (nSPS) is 15.4. The Kier molecular flexibility index (Phi) is 4.35. The van der Waals surface area contributed by atoms with Crippen LogP contribution in [0.5, 0.6) is 0 Å². The molecule has 8 heteroatoms. The molecule has 4 N–H and O–H groups in total. The number of primary amides is 1. The molecule has 3 heterocycles. The molecular formula is C18H23N5O3. The standard InChI is InChI=1S/C18H23N5O3/c1-18(2,3)23(17(25)26)13-9-22(10-13)12-6-14-11(4-5-15(19)24)7-20-16(14)21-8-12/h4-8,13H,9-10H2,1-3H3,(H2,19,24)(H,20,21)(H,25,26). The van der Waals surface area contributed by atoms with Gasteiger partial charge in [-0.3, -0.25) is 9.69 Å². The van der Waals surface area contributed by atoms with Gasteiger partial charge in [-0.15, -0.1) is 0 Å². The van der Waals surface area contributed by atoms with Gasteiger partial charge < -0.3 is 20.7 Å². The first-order valence-electron chi connectivity index (χ1n) is 8.38. The highest BCUT2D eigenvalue weighted by molar-refractivity contribution is 5.95. The highest BCUT2D eigenvalue weighted by atomic mass is 16.4. The third kappa shape index (κ3) is 3.35. The molecule has 0 spiro atoms. The fourth-order valence-corrected chi connectivity index (χ4v) is 3.32. The average Bonchev–Trinajstić information content (AvgIpc) is 2.88. The summed E-state index contributed by atoms with van der Waals surface area (Å²) in [6.07, 6.45) is 5.59. The Balaban J connectivity index is 1.79. The van der Waals surface area contributed by atoms with E-state index in [0.717, 1.165) is 22.3 Å². The van der Waals surface area contributed by atoms with Crippen LogP contribution in [0.4, 0.5) is 10.5 Å². The fraction of sp³-hybridized carbons (Fsp3) is 0.389. The lowest BCUT2D eigenvalue weighted by Gasteiger charge is -2.49. The summed E-state index contributed by atoms with van der Waals surface area (Å²) in [7, 11) is 0. The van der Waals surface area contributed by atoms with E-state index in [0.29, 0.717) is 13.1 Å². The summed E-state index contributed by atoms with van der Waals surface area (Å²) >= 11 is 0. The van der Waals surface area contributed by atoms with Crippen molar-refractivity contribution in [2.45, 2.75) is 32.4 Å². The number of carbonyl (C=O) groups is 2. The molecule has 2 aromatic rings. The predicted molar refractivity (Wildman–Crippen MR) is 99.9 cm³/mol. The molecule has 0 aliphatic carbocycles. The van der Waals surface area contributed by atoms with Crippen LogP contribution in [0.25, 0.3) is 17.1 Å². The molecule has 1 aliphatic rings. The molecule has 0 unspecified atom stereocenters. The quantitative estimate of drug-likeness (QED) is 0.724. The van der Waals surface area contributed by atoms with Gasteiger partial charge >= 0.3 is 6.09 Å². The average molecular weight is 357 g/mol. The summed E-state index contributed by atoms with van der Waals surface area (Å²) in [4.78, 5) is 33.6. The zero-order valence-electron chi connectivity index (χ0n) is 15.1. The van der Waals surface area contributed by atoms with Crippen LogP contribution >= 0.6 is 0 Å². The summed E-state index contributed by atoms with van der Waals surface area (Å²) in [5, 5.41) is 10.4. The van der Waals surface area contributed by atoms with E-state index in [2.05, 4.69) is 14.9 Å². The van der Waals surface area contributed by atoms with Crippen LogP contribution in [0, 0.1) is 0 Å². The van der Waals surface area contributed by atoms with Crippen molar-refractivity contribution >= 4 is 34.8 Å². The van der Waals surface area contributed by atoms with E-state index in [1.807, 2.05) is 26.8 Å². The van der Waals surface area contributed by atoms with E-state index >= 15 is 0 Å². The maximum Gasteiger partial charge on any atom is 0.408 e. The minimum atomic E-state index is -0.903. The lowest BCUT2D eigenvalue weighted by atomic mass is 9.98. The third-order valence-electron chi connectivity index (χ3n) is 4.50. The molecule has 3 rings (SSSR count). The number of fused-ring (bicyclic) bond motifs is 1. The lowest BCUT2D eigenvalue weighted by molar-refractivity contribution is -0.113. The van der Waals surface area contributed by atoms with Crippen LogP contribution in [0.15, 0.2) is 24.5 Å². The van der Waals surface area contributed by atoms with Crippen LogP contribution < -0.4 is 10.6 Å². The zero-order valence-corrected chi connectivity index (χ0v) is 15.1. The molecule has 0 aromatic carbocycles. The molecule has 2 amide bonds. The number of nitrogens with two attached hydrogens (primary N) is 1. The van der Waals surface area contributed by atoms with Gasteiger partial charge in [-0.05, 0) is 32.9 Å². The molecule has 0 radical (unpaired) electrons.